The number of hydrogen-bond acceptors (Lipinski definition) is 2. The van der Waals surface area contributed by atoms with Crippen molar-refractivity contribution in [2.75, 3.05) is 0 Å². The lowest BCUT2D eigenvalue weighted by Gasteiger charge is -2.15. The quantitative estimate of drug-likeness (QED) is 0.737. The number of alkyl halides is 1. The van der Waals surface area contributed by atoms with Gasteiger partial charge in [-0.05, 0) is 31.5 Å². The highest BCUT2D eigenvalue weighted by atomic mass is 19.1. The van der Waals surface area contributed by atoms with Crippen molar-refractivity contribution in [3.05, 3.63) is 29.3 Å². The highest BCUT2D eigenvalue weighted by Crippen LogP contribution is 2.28. The van der Waals surface area contributed by atoms with Gasteiger partial charge in [0.1, 0.15) is 11.4 Å². The minimum atomic E-state index is -1.39. The molecule has 3 heteroatoms. The lowest BCUT2D eigenvalue weighted by molar-refractivity contribution is 0.221. The predicted octanol–water partition coefficient (Wildman–Crippen LogP) is 2.06. The molecule has 13 heavy (non-hydrogen) atoms. The summed E-state index contributed by atoms with van der Waals surface area (Å²) in [5.74, 6) is 0.121. The van der Waals surface area contributed by atoms with Crippen LogP contribution in [0.15, 0.2) is 18.2 Å². The number of benzene rings is 1. The Morgan fingerprint density at radius 1 is 1.46 bits per heavy atom. The molecule has 0 aliphatic carbocycles. The van der Waals surface area contributed by atoms with Gasteiger partial charge >= 0.3 is 0 Å². The van der Waals surface area contributed by atoms with E-state index in [1.54, 1.807) is 12.1 Å². The van der Waals surface area contributed by atoms with Gasteiger partial charge in [-0.1, -0.05) is 6.07 Å². The average Bonchev–Trinajstić information content (AvgIpc) is 2.03. The summed E-state index contributed by atoms with van der Waals surface area (Å²) in [6, 6.07) is 4.63. The normalized spacial score (nSPS) is 11.7. The summed E-state index contributed by atoms with van der Waals surface area (Å²) in [5.41, 5.74) is 5.09. The zero-order valence-corrected chi connectivity index (χ0v) is 7.84. The third-order valence-corrected chi connectivity index (χ3v) is 1.99. The lowest BCUT2D eigenvalue weighted by Crippen LogP contribution is -2.10. The molecular weight excluding hydrogens is 169 g/mol. The molecule has 0 radical (unpaired) electrons. The summed E-state index contributed by atoms with van der Waals surface area (Å²) in [7, 11) is 0. The molecule has 0 aliphatic rings. The van der Waals surface area contributed by atoms with Gasteiger partial charge in [0.15, 0.2) is 0 Å². The maximum Gasteiger partial charge on any atom is 0.130 e. The van der Waals surface area contributed by atoms with Crippen LogP contribution in [0.5, 0.6) is 5.75 Å². The van der Waals surface area contributed by atoms with Crippen molar-refractivity contribution in [3.63, 3.8) is 0 Å². The molecule has 0 heterocycles. The number of nitrogens with two attached hydrogens (primary N) is 1. The zero-order valence-electron chi connectivity index (χ0n) is 7.84. The molecule has 0 unspecified atom stereocenters. The second kappa shape index (κ2) is 3.34. The smallest absolute Gasteiger partial charge is 0.130 e. The minimum Gasteiger partial charge on any atom is -0.508 e. The van der Waals surface area contributed by atoms with Crippen LogP contribution in [-0.4, -0.2) is 5.11 Å². The highest BCUT2D eigenvalue weighted by Gasteiger charge is 2.19. The molecule has 1 rings (SSSR count). The third-order valence-electron chi connectivity index (χ3n) is 1.99. The van der Waals surface area contributed by atoms with E-state index in [0.29, 0.717) is 11.1 Å². The fourth-order valence-corrected chi connectivity index (χ4v) is 1.12. The Hall–Kier alpha value is -1.09. The molecule has 0 aromatic heterocycles. The van der Waals surface area contributed by atoms with Gasteiger partial charge in [-0.15, -0.1) is 0 Å². The van der Waals surface area contributed by atoms with E-state index in [9.17, 15) is 9.50 Å². The van der Waals surface area contributed by atoms with E-state index in [1.807, 2.05) is 0 Å². The van der Waals surface area contributed by atoms with E-state index in [-0.39, 0.29) is 12.3 Å². The van der Waals surface area contributed by atoms with Gasteiger partial charge in [-0.3, -0.25) is 0 Å². The third kappa shape index (κ3) is 2.18. The van der Waals surface area contributed by atoms with E-state index in [4.69, 9.17) is 5.73 Å². The van der Waals surface area contributed by atoms with E-state index >= 15 is 0 Å². The van der Waals surface area contributed by atoms with Crippen LogP contribution >= 0.6 is 0 Å². The Bertz CT molecular complexity index is 304. The Morgan fingerprint density at radius 2 is 2.08 bits per heavy atom. The van der Waals surface area contributed by atoms with Crippen molar-refractivity contribution in [3.8, 4) is 5.75 Å². The first-order chi connectivity index (χ1) is 5.95. The van der Waals surface area contributed by atoms with Crippen LogP contribution < -0.4 is 5.73 Å². The van der Waals surface area contributed by atoms with Gasteiger partial charge in [0.2, 0.25) is 0 Å². The topological polar surface area (TPSA) is 46.2 Å². The molecule has 0 saturated carbocycles. The molecule has 72 valence electrons. The van der Waals surface area contributed by atoms with Gasteiger partial charge < -0.3 is 10.8 Å². The van der Waals surface area contributed by atoms with E-state index in [2.05, 4.69) is 0 Å². The number of phenolic OH excluding ortho intramolecular Hbond substituents is 1. The van der Waals surface area contributed by atoms with Crippen molar-refractivity contribution in [2.45, 2.75) is 26.1 Å². The Morgan fingerprint density at radius 3 is 2.54 bits per heavy atom. The van der Waals surface area contributed by atoms with Crippen molar-refractivity contribution in [1.29, 1.82) is 0 Å². The van der Waals surface area contributed by atoms with E-state index in [0.717, 1.165) is 0 Å². The average molecular weight is 183 g/mol. The zero-order chi connectivity index (χ0) is 10.1. The van der Waals surface area contributed by atoms with Crippen LogP contribution in [0.25, 0.3) is 0 Å². The first kappa shape index (κ1) is 9.99. The molecule has 0 aliphatic heterocycles. The Balaban J connectivity index is 3.14. The fourth-order valence-electron chi connectivity index (χ4n) is 1.12. The summed E-state index contributed by atoms with van der Waals surface area (Å²) in [6.45, 7) is 3.16. The largest absolute Gasteiger partial charge is 0.508 e. The number of halogens is 1. The first-order valence-electron chi connectivity index (χ1n) is 4.16. The Kier molecular flexibility index (Phi) is 2.57. The second-order valence-electron chi connectivity index (χ2n) is 3.52. The standard InChI is InChI=1S/C10H14FNO/c1-10(2,11)8-3-4-9(13)7(5-8)6-12/h3-5,13H,6,12H2,1-2H3. The fraction of sp³-hybridized carbons (Fsp3) is 0.400. The summed E-state index contributed by atoms with van der Waals surface area (Å²) >= 11 is 0. The SMILES string of the molecule is CC(C)(F)c1ccc(O)c(CN)c1. The molecule has 0 bridgehead atoms. The summed E-state index contributed by atoms with van der Waals surface area (Å²) < 4.78 is 13.4. The summed E-state index contributed by atoms with van der Waals surface area (Å²) in [5, 5.41) is 9.30. The minimum absolute atomic E-state index is 0.121. The maximum atomic E-state index is 13.4. The molecule has 1 aromatic carbocycles. The van der Waals surface area contributed by atoms with Crippen LogP contribution in [0, 0.1) is 0 Å². The van der Waals surface area contributed by atoms with Gasteiger partial charge in [-0.25, -0.2) is 4.39 Å². The van der Waals surface area contributed by atoms with Crippen LogP contribution in [0.2, 0.25) is 0 Å². The van der Waals surface area contributed by atoms with Gasteiger partial charge in [0, 0.05) is 12.1 Å². The van der Waals surface area contributed by atoms with Crippen molar-refractivity contribution >= 4 is 0 Å². The van der Waals surface area contributed by atoms with E-state index < -0.39 is 5.67 Å². The van der Waals surface area contributed by atoms with Gasteiger partial charge in [-0.2, -0.15) is 0 Å². The molecule has 0 fully saturated rings. The molecular formula is C10H14FNO. The van der Waals surface area contributed by atoms with Crippen molar-refractivity contribution in [1.82, 2.24) is 0 Å². The maximum absolute atomic E-state index is 13.4. The molecule has 3 N–H and O–H groups in total. The first-order valence-corrected chi connectivity index (χ1v) is 4.16. The lowest BCUT2D eigenvalue weighted by atomic mass is 9.98. The van der Waals surface area contributed by atoms with Crippen molar-refractivity contribution < 1.29 is 9.50 Å². The van der Waals surface area contributed by atoms with Crippen LogP contribution in [0.3, 0.4) is 0 Å². The molecule has 2 nitrogen and oxygen atoms in total. The number of hydrogen-bond donors (Lipinski definition) is 2. The number of rotatable bonds is 2. The molecule has 1 aromatic rings. The van der Waals surface area contributed by atoms with E-state index in [1.165, 1.54) is 19.9 Å². The number of aromatic hydroxyl groups is 1. The van der Waals surface area contributed by atoms with Crippen LogP contribution in [0.1, 0.15) is 25.0 Å². The summed E-state index contributed by atoms with van der Waals surface area (Å²) in [4.78, 5) is 0. The van der Waals surface area contributed by atoms with Crippen LogP contribution in [0.4, 0.5) is 4.39 Å². The van der Waals surface area contributed by atoms with Crippen LogP contribution in [-0.2, 0) is 12.2 Å². The second-order valence-corrected chi connectivity index (χ2v) is 3.52. The molecule has 0 amide bonds. The predicted molar refractivity (Wildman–Crippen MR) is 50.1 cm³/mol. The van der Waals surface area contributed by atoms with Crippen molar-refractivity contribution in [2.24, 2.45) is 5.73 Å². The van der Waals surface area contributed by atoms with Gasteiger partial charge in [0.05, 0.1) is 0 Å². The monoisotopic (exact) mass is 183 g/mol. The molecule has 0 saturated heterocycles. The summed E-state index contributed by atoms with van der Waals surface area (Å²) in [6.07, 6.45) is 0. The highest BCUT2D eigenvalue weighted by molar-refractivity contribution is 5.37. The number of phenols is 1. The Labute approximate surface area is 77.2 Å². The molecule has 0 spiro atoms. The van der Waals surface area contributed by atoms with Gasteiger partial charge in [0.25, 0.3) is 0 Å². The molecule has 0 atom stereocenters.